The van der Waals surface area contributed by atoms with Gasteiger partial charge in [-0.2, -0.15) is 9.61 Å². The molecule has 1 amide bonds. The van der Waals surface area contributed by atoms with Crippen molar-refractivity contribution in [3.8, 4) is 28.1 Å². The maximum atomic E-state index is 13.3. The minimum atomic E-state index is -0.903. The first-order valence-corrected chi connectivity index (χ1v) is 18.0. The number of fused-ring (bicyclic) bond motifs is 8. The fourth-order valence-electron chi connectivity index (χ4n) is 6.92. The molecule has 0 radical (unpaired) electrons. The van der Waals surface area contributed by atoms with Crippen LogP contribution in [-0.2, 0) is 16.0 Å². The lowest BCUT2D eigenvalue weighted by molar-refractivity contribution is -0.136. The largest absolute Gasteiger partial charge is 0.490 e. The Labute approximate surface area is 295 Å². The van der Waals surface area contributed by atoms with Gasteiger partial charge in [-0.05, 0) is 94.5 Å². The van der Waals surface area contributed by atoms with Gasteiger partial charge in [-0.15, -0.1) is 0 Å². The van der Waals surface area contributed by atoms with Crippen LogP contribution in [0.3, 0.4) is 0 Å². The number of carbonyl (C=O) groups excluding carboxylic acids is 1. The van der Waals surface area contributed by atoms with Gasteiger partial charge in [0, 0.05) is 60.3 Å². The van der Waals surface area contributed by atoms with E-state index in [4.69, 9.17) is 19.6 Å². The van der Waals surface area contributed by atoms with Crippen LogP contribution in [-0.4, -0.2) is 69.5 Å². The number of aryl methyl sites for hydroxylation is 1. The maximum Gasteiger partial charge on any atom is 0.308 e. The second-order valence-corrected chi connectivity index (χ2v) is 15.4. The van der Waals surface area contributed by atoms with E-state index >= 15 is 0 Å². The minimum Gasteiger partial charge on any atom is -0.490 e. The number of carbonyl (C=O) groups is 2. The van der Waals surface area contributed by atoms with Crippen molar-refractivity contribution in [1.29, 1.82) is 0 Å². The Hall–Kier alpha value is -4.44. The summed E-state index contributed by atoms with van der Waals surface area (Å²) in [5.41, 5.74) is 5.80. The highest BCUT2D eigenvalue weighted by Crippen LogP contribution is 2.37. The molecule has 1 saturated heterocycles. The molecule has 2 aromatic heterocycles. The summed E-state index contributed by atoms with van der Waals surface area (Å²) < 4.78 is 14.9. The van der Waals surface area contributed by atoms with Gasteiger partial charge < -0.3 is 24.8 Å². The molecule has 5 heterocycles. The van der Waals surface area contributed by atoms with Gasteiger partial charge in [0.2, 0.25) is 0 Å². The van der Waals surface area contributed by atoms with E-state index in [2.05, 4.69) is 50.9 Å². The molecular weight excluding hydrogens is 630 g/mol. The number of carboxylic acid groups (broad SMARTS) is 1. The summed E-state index contributed by atoms with van der Waals surface area (Å²) in [6, 6.07) is 15.7. The summed E-state index contributed by atoms with van der Waals surface area (Å²) in [6.45, 7) is 15.4. The van der Waals surface area contributed by atoms with Crippen LogP contribution in [0.15, 0.2) is 48.5 Å². The predicted octanol–water partition coefficient (Wildman–Crippen LogP) is 7.49. The van der Waals surface area contributed by atoms with Crippen molar-refractivity contribution in [3.05, 3.63) is 65.4 Å². The number of hydrogen-bond acceptors (Lipinski definition) is 7. The SMILES string of the molecule is Cc1nc2cc3nn2c(c1CC(=O)O)N1CCC(C)(CC1)OCCCCC(C)Oc1ccc(C(=O)NCCC(C)(C)C)cc1-c1cccc-3c1. The van der Waals surface area contributed by atoms with Gasteiger partial charge in [0.15, 0.2) is 5.65 Å². The third-order valence-electron chi connectivity index (χ3n) is 9.98. The Kier molecular flexibility index (Phi) is 10.2. The molecule has 2 aromatic carbocycles. The monoisotopic (exact) mass is 681 g/mol. The molecule has 6 bridgehead atoms. The molecule has 3 aliphatic rings. The van der Waals surface area contributed by atoms with Crippen LogP contribution in [0.1, 0.15) is 94.8 Å². The van der Waals surface area contributed by atoms with Gasteiger partial charge in [-0.1, -0.05) is 39.0 Å². The van der Waals surface area contributed by atoms with E-state index in [-0.39, 0.29) is 29.4 Å². The highest BCUT2D eigenvalue weighted by molar-refractivity contribution is 5.96. The molecule has 0 spiro atoms. The van der Waals surface area contributed by atoms with Crippen LogP contribution in [0.5, 0.6) is 5.75 Å². The Bertz CT molecular complexity index is 1870. The lowest BCUT2D eigenvalue weighted by Crippen LogP contribution is -2.45. The molecule has 0 saturated carbocycles. The molecule has 7 rings (SSSR count). The van der Waals surface area contributed by atoms with Crippen molar-refractivity contribution in [2.75, 3.05) is 31.1 Å². The average Bonchev–Trinajstić information content (AvgIpc) is 3.48. The van der Waals surface area contributed by atoms with Gasteiger partial charge in [-0.25, -0.2) is 4.98 Å². The third-order valence-corrected chi connectivity index (χ3v) is 9.98. The maximum absolute atomic E-state index is 13.3. The molecule has 4 aromatic rings. The fraction of sp³-hybridized carbons (Fsp3) is 0.500. The molecule has 1 unspecified atom stereocenters. The highest BCUT2D eigenvalue weighted by atomic mass is 16.5. The first-order chi connectivity index (χ1) is 23.8. The number of aliphatic carboxylic acids is 1. The van der Waals surface area contributed by atoms with Gasteiger partial charge in [-0.3, -0.25) is 9.59 Å². The summed E-state index contributed by atoms with van der Waals surface area (Å²) in [5, 5.41) is 18.0. The number of amides is 1. The van der Waals surface area contributed by atoms with Gasteiger partial charge in [0.05, 0.1) is 23.8 Å². The minimum absolute atomic E-state index is 0.0287. The van der Waals surface area contributed by atoms with Crippen LogP contribution in [0.25, 0.3) is 28.0 Å². The predicted molar refractivity (Wildman–Crippen MR) is 196 cm³/mol. The molecule has 10 nitrogen and oxygen atoms in total. The van der Waals surface area contributed by atoms with Crippen LogP contribution in [0, 0.1) is 12.3 Å². The van der Waals surface area contributed by atoms with Gasteiger partial charge in [0.1, 0.15) is 11.6 Å². The number of hydrogen-bond donors (Lipinski definition) is 2. The molecule has 0 aliphatic carbocycles. The molecule has 266 valence electrons. The van der Waals surface area contributed by atoms with Crippen molar-refractivity contribution < 1.29 is 24.2 Å². The molecule has 1 fully saturated rings. The summed E-state index contributed by atoms with van der Waals surface area (Å²) in [4.78, 5) is 32.4. The Morgan fingerprint density at radius 3 is 2.56 bits per heavy atom. The van der Waals surface area contributed by atoms with Crippen molar-refractivity contribution in [2.24, 2.45) is 5.41 Å². The van der Waals surface area contributed by atoms with Gasteiger partial charge in [0.25, 0.3) is 5.91 Å². The lowest BCUT2D eigenvalue weighted by Gasteiger charge is -2.41. The number of ether oxygens (including phenoxy) is 2. The van der Waals surface area contributed by atoms with Crippen molar-refractivity contribution in [2.45, 2.75) is 98.2 Å². The van der Waals surface area contributed by atoms with E-state index in [9.17, 15) is 14.7 Å². The summed E-state index contributed by atoms with van der Waals surface area (Å²) in [5.74, 6) is 0.484. The van der Waals surface area contributed by atoms with E-state index in [1.807, 2.05) is 53.9 Å². The molecule has 10 heteroatoms. The summed E-state index contributed by atoms with van der Waals surface area (Å²) in [6.07, 6.45) is 5.13. The molecule has 3 aliphatic heterocycles. The van der Waals surface area contributed by atoms with Crippen LogP contribution in [0.4, 0.5) is 5.82 Å². The van der Waals surface area contributed by atoms with E-state index in [0.717, 1.165) is 85.6 Å². The average molecular weight is 682 g/mol. The lowest BCUT2D eigenvalue weighted by atomic mass is 9.92. The normalized spacial score (nSPS) is 20.0. The Morgan fingerprint density at radius 1 is 1.06 bits per heavy atom. The number of rotatable bonds is 5. The first-order valence-electron chi connectivity index (χ1n) is 18.0. The van der Waals surface area contributed by atoms with Crippen LogP contribution < -0.4 is 15.0 Å². The molecule has 50 heavy (non-hydrogen) atoms. The fourth-order valence-corrected chi connectivity index (χ4v) is 6.92. The standard InChI is InChI=1S/C40H51N5O5/c1-26-10-7-8-21-49-40(6)16-19-44(20-17-40)38-31(24-36(46)47)27(2)42-35-25-33(43-45(35)38)29-12-9-11-28(22-29)32-23-30(13-14-34(32)50-26)37(48)41-18-15-39(3,4)5/h9,11-14,22-23,25-26H,7-8,10,15-21,24H2,1-6H3,(H,41,48)(H,46,47). The van der Waals surface area contributed by atoms with Crippen molar-refractivity contribution in [3.63, 3.8) is 0 Å². The first kappa shape index (κ1) is 35.4. The molecular formula is C40H51N5O5. The number of nitrogens with zero attached hydrogens (tertiary/aromatic N) is 4. The number of nitrogens with one attached hydrogen (secondary N) is 1. The van der Waals surface area contributed by atoms with E-state index < -0.39 is 5.97 Å². The van der Waals surface area contributed by atoms with Crippen LogP contribution >= 0.6 is 0 Å². The second kappa shape index (κ2) is 14.4. The zero-order valence-corrected chi connectivity index (χ0v) is 30.3. The number of carboxylic acids is 1. The second-order valence-electron chi connectivity index (χ2n) is 15.4. The highest BCUT2D eigenvalue weighted by Gasteiger charge is 2.33. The molecule has 2 N–H and O–H groups in total. The zero-order valence-electron chi connectivity index (χ0n) is 30.3. The number of benzene rings is 2. The van der Waals surface area contributed by atoms with E-state index in [1.54, 1.807) is 0 Å². The number of anilines is 1. The zero-order chi connectivity index (χ0) is 35.6. The Balaban J connectivity index is 1.44. The number of piperidine rings is 1. The topological polar surface area (TPSA) is 118 Å². The summed E-state index contributed by atoms with van der Waals surface area (Å²) in [7, 11) is 0. The van der Waals surface area contributed by atoms with Crippen molar-refractivity contribution >= 4 is 23.3 Å². The quantitative estimate of drug-likeness (QED) is 0.223. The smallest absolute Gasteiger partial charge is 0.308 e. The number of aromatic nitrogens is 3. The Morgan fingerprint density at radius 2 is 1.82 bits per heavy atom. The summed E-state index contributed by atoms with van der Waals surface area (Å²) >= 11 is 0. The van der Waals surface area contributed by atoms with Crippen molar-refractivity contribution in [1.82, 2.24) is 19.9 Å². The third kappa shape index (κ3) is 8.12. The van der Waals surface area contributed by atoms with E-state index in [1.165, 1.54) is 0 Å². The molecule has 1 atom stereocenters. The van der Waals surface area contributed by atoms with E-state index in [0.29, 0.717) is 35.6 Å². The van der Waals surface area contributed by atoms with Crippen LogP contribution in [0.2, 0.25) is 0 Å². The van der Waals surface area contributed by atoms with Gasteiger partial charge >= 0.3 is 5.97 Å².